The van der Waals surface area contributed by atoms with Gasteiger partial charge in [0.05, 0.1) is 25.8 Å². The van der Waals surface area contributed by atoms with Crippen LogP contribution in [0.2, 0.25) is 0 Å². The number of benzene rings is 2. The van der Waals surface area contributed by atoms with Crippen LogP contribution in [0.25, 0.3) is 0 Å². The first-order valence-corrected chi connectivity index (χ1v) is 9.88. The Hall–Kier alpha value is -3.75. The highest BCUT2D eigenvalue weighted by molar-refractivity contribution is 6.39. The van der Waals surface area contributed by atoms with E-state index >= 15 is 0 Å². The topological polar surface area (TPSA) is 100.0 Å². The van der Waals surface area contributed by atoms with Crippen molar-refractivity contribution in [3.63, 3.8) is 0 Å². The number of hydrazone groups is 1. The first-order valence-electron chi connectivity index (χ1n) is 9.88. The number of hydrogen-bond acceptors (Lipinski definition) is 8. The van der Waals surface area contributed by atoms with E-state index in [9.17, 15) is 4.79 Å². The van der Waals surface area contributed by atoms with Crippen LogP contribution >= 0.6 is 0 Å². The zero-order chi connectivity index (χ0) is 21.8. The van der Waals surface area contributed by atoms with Crippen molar-refractivity contribution in [3.05, 3.63) is 47.5 Å². The number of methoxy groups -OCH3 is 1. The molecule has 1 N–H and O–H groups in total. The molecular formula is C22H23N3O6. The predicted octanol–water partition coefficient (Wildman–Crippen LogP) is 3.04. The number of hydrogen-bond donors (Lipinski definition) is 1. The van der Waals surface area contributed by atoms with Crippen LogP contribution in [0.5, 0.6) is 23.0 Å². The molecule has 0 fully saturated rings. The molecule has 0 spiro atoms. The third-order valence-electron chi connectivity index (χ3n) is 4.96. The summed E-state index contributed by atoms with van der Waals surface area (Å²) in [7, 11) is 1.55. The maximum absolute atomic E-state index is 12.5. The van der Waals surface area contributed by atoms with Gasteiger partial charge < -0.3 is 23.8 Å². The molecule has 9 nitrogen and oxygen atoms in total. The minimum atomic E-state index is -0.459. The second-order valence-electron chi connectivity index (χ2n) is 6.95. The molecule has 0 aromatic heterocycles. The number of nitrogens with one attached hydrogen (secondary N) is 1. The molecule has 2 aliphatic heterocycles. The van der Waals surface area contributed by atoms with E-state index in [0.717, 1.165) is 16.9 Å². The van der Waals surface area contributed by atoms with E-state index in [1.165, 1.54) is 0 Å². The van der Waals surface area contributed by atoms with Crippen molar-refractivity contribution in [3.8, 4) is 23.0 Å². The number of amides is 1. The number of nitrogens with zero attached hydrogens (tertiary/aromatic N) is 2. The van der Waals surface area contributed by atoms with Crippen LogP contribution in [0.3, 0.4) is 0 Å². The van der Waals surface area contributed by atoms with E-state index in [1.807, 2.05) is 44.2 Å². The molecule has 162 valence electrons. The van der Waals surface area contributed by atoms with Gasteiger partial charge in [-0.2, -0.15) is 5.10 Å². The van der Waals surface area contributed by atoms with E-state index in [1.54, 1.807) is 19.4 Å². The summed E-state index contributed by atoms with van der Waals surface area (Å²) in [6, 6.07) is 11.0. The predicted molar refractivity (Wildman–Crippen MR) is 113 cm³/mol. The highest BCUT2D eigenvalue weighted by Gasteiger charge is 2.37. The Kier molecular flexibility index (Phi) is 5.92. The largest absolute Gasteiger partial charge is 0.494 e. The quantitative estimate of drug-likeness (QED) is 0.541. The Morgan fingerprint density at radius 2 is 2.10 bits per heavy atom. The molecule has 2 atom stereocenters. The first kappa shape index (κ1) is 20.5. The molecular weight excluding hydrogens is 402 g/mol. The van der Waals surface area contributed by atoms with Crippen molar-refractivity contribution >= 4 is 17.8 Å². The third-order valence-corrected chi connectivity index (χ3v) is 4.96. The van der Waals surface area contributed by atoms with Crippen LogP contribution < -0.4 is 24.4 Å². The van der Waals surface area contributed by atoms with E-state index in [4.69, 9.17) is 23.8 Å². The van der Waals surface area contributed by atoms with Crippen molar-refractivity contribution < 1.29 is 28.6 Å². The number of ether oxygens (including phenoxy) is 4. The van der Waals surface area contributed by atoms with E-state index in [-0.39, 0.29) is 18.4 Å². The van der Waals surface area contributed by atoms with Crippen molar-refractivity contribution in [2.75, 3.05) is 20.5 Å². The van der Waals surface area contributed by atoms with Crippen LogP contribution in [-0.2, 0) is 9.63 Å². The molecule has 0 unspecified atom stereocenters. The fourth-order valence-electron chi connectivity index (χ4n) is 3.38. The highest BCUT2D eigenvalue weighted by Crippen LogP contribution is 2.45. The van der Waals surface area contributed by atoms with Gasteiger partial charge in [0.1, 0.15) is 5.75 Å². The zero-order valence-corrected chi connectivity index (χ0v) is 17.5. The third kappa shape index (κ3) is 4.25. The molecule has 4 rings (SSSR count). The summed E-state index contributed by atoms with van der Waals surface area (Å²) in [5.41, 5.74) is 4.36. The summed E-state index contributed by atoms with van der Waals surface area (Å²) in [5.74, 6) is 1.72. The van der Waals surface area contributed by atoms with Crippen LogP contribution in [-0.4, -0.2) is 38.3 Å². The average molecular weight is 425 g/mol. The van der Waals surface area contributed by atoms with Crippen molar-refractivity contribution in [2.45, 2.75) is 20.0 Å². The molecule has 0 saturated heterocycles. The number of rotatable bonds is 7. The summed E-state index contributed by atoms with van der Waals surface area (Å²) in [6.45, 7) is 4.52. The second kappa shape index (κ2) is 8.95. The number of oxime groups is 1. The molecule has 2 aliphatic rings. The number of carbonyl (C=O) groups excluding carboxylic acids is 1. The summed E-state index contributed by atoms with van der Waals surface area (Å²) < 4.78 is 21.7. The van der Waals surface area contributed by atoms with Gasteiger partial charge in [-0.1, -0.05) is 12.1 Å². The van der Waals surface area contributed by atoms with Crippen molar-refractivity contribution in [1.29, 1.82) is 0 Å². The molecule has 2 aromatic carbocycles. The Morgan fingerprint density at radius 3 is 2.84 bits per heavy atom. The SMILES string of the molecule is CCOc1ccc(/C=N\NC(=O)C2=NO[C@@H](c3cc(OC)c4c(c3)OCO4)[C@H]2C)cc1. The molecule has 0 radical (unpaired) electrons. The summed E-state index contributed by atoms with van der Waals surface area (Å²) >= 11 is 0. The molecule has 2 heterocycles. The smallest absolute Gasteiger partial charge is 0.289 e. The minimum absolute atomic E-state index is 0.132. The molecule has 0 bridgehead atoms. The average Bonchev–Trinajstić information content (AvgIpc) is 3.41. The van der Waals surface area contributed by atoms with Gasteiger partial charge in [0, 0.05) is 5.56 Å². The Morgan fingerprint density at radius 1 is 1.29 bits per heavy atom. The minimum Gasteiger partial charge on any atom is -0.494 e. The Balaban J connectivity index is 1.39. The molecule has 9 heteroatoms. The lowest BCUT2D eigenvalue weighted by molar-refractivity contribution is -0.115. The monoisotopic (exact) mass is 425 g/mol. The molecule has 1 amide bonds. The van der Waals surface area contributed by atoms with Gasteiger partial charge in [-0.05, 0) is 48.9 Å². The number of fused-ring (bicyclic) bond motifs is 1. The lowest BCUT2D eigenvalue weighted by Gasteiger charge is -2.16. The normalized spacial score (nSPS) is 19.1. The van der Waals surface area contributed by atoms with Crippen LogP contribution in [0, 0.1) is 5.92 Å². The van der Waals surface area contributed by atoms with Crippen molar-refractivity contribution in [2.24, 2.45) is 16.2 Å². The van der Waals surface area contributed by atoms with Crippen LogP contribution in [0.15, 0.2) is 46.7 Å². The summed E-state index contributed by atoms with van der Waals surface area (Å²) in [5, 5.41) is 7.99. The fraction of sp³-hybridized carbons (Fsp3) is 0.318. The van der Waals surface area contributed by atoms with Gasteiger partial charge in [0.2, 0.25) is 12.5 Å². The van der Waals surface area contributed by atoms with E-state index < -0.39 is 12.0 Å². The van der Waals surface area contributed by atoms with Gasteiger partial charge in [-0.15, -0.1) is 0 Å². The number of carbonyl (C=O) groups is 1. The molecule has 0 saturated carbocycles. The first-order chi connectivity index (χ1) is 15.1. The summed E-state index contributed by atoms with van der Waals surface area (Å²) in [4.78, 5) is 18.1. The van der Waals surface area contributed by atoms with Gasteiger partial charge >= 0.3 is 0 Å². The second-order valence-corrected chi connectivity index (χ2v) is 6.95. The van der Waals surface area contributed by atoms with Crippen LogP contribution in [0.1, 0.15) is 31.1 Å². The summed E-state index contributed by atoms with van der Waals surface area (Å²) in [6.07, 6.45) is 1.09. The van der Waals surface area contributed by atoms with Gasteiger partial charge in [-0.25, -0.2) is 5.43 Å². The molecule has 2 aromatic rings. The highest BCUT2D eigenvalue weighted by atomic mass is 16.7. The van der Waals surface area contributed by atoms with E-state index in [2.05, 4.69) is 15.7 Å². The van der Waals surface area contributed by atoms with E-state index in [0.29, 0.717) is 23.9 Å². The maximum atomic E-state index is 12.5. The van der Waals surface area contributed by atoms with Crippen molar-refractivity contribution in [1.82, 2.24) is 5.43 Å². The van der Waals surface area contributed by atoms with Gasteiger partial charge in [0.15, 0.2) is 23.3 Å². The maximum Gasteiger partial charge on any atom is 0.289 e. The molecule has 0 aliphatic carbocycles. The molecule has 31 heavy (non-hydrogen) atoms. The lowest BCUT2D eigenvalue weighted by Crippen LogP contribution is -2.31. The van der Waals surface area contributed by atoms with Crippen LogP contribution in [0.4, 0.5) is 0 Å². The Bertz CT molecular complexity index is 1020. The van der Waals surface area contributed by atoms with Gasteiger partial charge in [-0.3, -0.25) is 4.79 Å². The lowest BCUT2D eigenvalue weighted by atomic mass is 9.93. The Labute approximate surface area is 179 Å². The zero-order valence-electron chi connectivity index (χ0n) is 17.5. The standard InChI is InChI=1S/C22H23N3O6/c1-4-28-16-7-5-14(6-8-16)11-23-24-22(26)19-13(2)20(31-25-19)15-9-17(27-3)21-18(10-15)29-12-30-21/h5-11,13,20H,4,12H2,1-3H3,(H,24,26)/b23-11-/t13-,20+/m0/s1. The fourth-order valence-corrected chi connectivity index (χ4v) is 3.38. The van der Waals surface area contributed by atoms with Gasteiger partial charge in [0.25, 0.3) is 5.91 Å².